The molecule has 0 rings (SSSR count). The van der Waals surface area contributed by atoms with Crippen molar-refractivity contribution in [1.82, 2.24) is 0 Å². The van der Waals surface area contributed by atoms with E-state index in [1.807, 2.05) is 0 Å². The standard InChI is InChI=1S/C67H130O17P2/c1-9-59(7)45-37-29-21-16-18-24-33-41-49-66(71)83-62(53-77-64(69)47-39-31-22-14-12-11-13-19-27-35-43-57(3)4)55-81-85(73,74)79-51-61(68)52-80-86(75,76)82-56-63(84-67(72)50-42-34-26-25-30-38-46-60(8)10-2)54-78-65(70)48-40-32-23-17-15-20-28-36-44-58(5)6/h57-63,68H,9-56H2,1-8H3,(H,73,74)(H,75,76)/t59?,60?,61?,62-,63-/m1/s1. The fourth-order valence-corrected chi connectivity index (χ4v) is 11.5. The quantitative estimate of drug-likeness (QED) is 0.0222. The summed E-state index contributed by atoms with van der Waals surface area (Å²) < 4.78 is 68.1. The van der Waals surface area contributed by atoms with Crippen molar-refractivity contribution < 1.29 is 80.2 Å². The number of carbonyl (C=O) groups is 4. The van der Waals surface area contributed by atoms with Crippen LogP contribution in [0.15, 0.2) is 0 Å². The molecule has 0 aromatic rings. The lowest BCUT2D eigenvalue weighted by atomic mass is 9.99. The molecule has 0 saturated heterocycles. The minimum absolute atomic E-state index is 0.102. The van der Waals surface area contributed by atoms with E-state index in [1.54, 1.807) is 0 Å². The summed E-state index contributed by atoms with van der Waals surface area (Å²) in [6.07, 6.45) is 37.6. The second-order valence-electron chi connectivity index (χ2n) is 25.6. The molecule has 3 N–H and O–H groups in total. The molecule has 0 bridgehead atoms. The van der Waals surface area contributed by atoms with Crippen molar-refractivity contribution in [3.8, 4) is 0 Å². The number of ether oxygens (including phenoxy) is 4. The molecule has 19 heteroatoms. The van der Waals surface area contributed by atoms with Crippen molar-refractivity contribution in [2.75, 3.05) is 39.6 Å². The summed E-state index contributed by atoms with van der Waals surface area (Å²) in [6.45, 7) is 14.0. The molecule has 0 fully saturated rings. The van der Waals surface area contributed by atoms with Gasteiger partial charge in [-0.15, -0.1) is 0 Å². The predicted molar refractivity (Wildman–Crippen MR) is 344 cm³/mol. The summed E-state index contributed by atoms with van der Waals surface area (Å²) in [5, 5.41) is 10.6. The second-order valence-corrected chi connectivity index (χ2v) is 28.6. The van der Waals surface area contributed by atoms with Gasteiger partial charge >= 0.3 is 39.5 Å². The van der Waals surface area contributed by atoms with Gasteiger partial charge in [-0.3, -0.25) is 37.3 Å². The van der Waals surface area contributed by atoms with Gasteiger partial charge < -0.3 is 33.8 Å². The normalized spacial score (nSPS) is 15.0. The Morgan fingerprint density at radius 3 is 0.826 bits per heavy atom. The SMILES string of the molecule is CCC(C)CCCCCCCCCCC(=O)O[C@H](COC(=O)CCCCCCCCCCCCC(C)C)COP(=O)(O)OCC(O)COP(=O)(O)OC[C@@H](COC(=O)CCCCCCCCCCC(C)C)OC(=O)CCCCCCCCC(C)CC. The zero-order valence-electron chi connectivity index (χ0n) is 55.9. The Morgan fingerprint density at radius 2 is 0.558 bits per heavy atom. The van der Waals surface area contributed by atoms with E-state index in [0.29, 0.717) is 25.7 Å². The van der Waals surface area contributed by atoms with Crippen LogP contribution in [0, 0.1) is 23.7 Å². The van der Waals surface area contributed by atoms with Crippen molar-refractivity contribution in [2.24, 2.45) is 23.7 Å². The van der Waals surface area contributed by atoms with Gasteiger partial charge in [0.2, 0.25) is 0 Å². The number of rotatable bonds is 64. The monoisotopic (exact) mass is 1270 g/mol. The summed E-state index contributed by atoms with van der Waals surface area (Å²) in [5.41, 5.74) is 0. The van der Waals surface area contributed by atoms with E-state index >= 15 is 0 Å². The minimum Gasteiger partial charge on any atom is -0.462 e. The van der Waals surface area contributed by atoms with Crippen LogP contribution in [0.2, 0.25) is 0 Å². The molecule has 0 aromatic carbocycles. The Hall–Kier alpha value is -1.94. The number of aliphatic hydroxyl groups excluding tert-OH is 1. The van der Waals surface area contributed by atoms with E-state index in [0.717, 1.165) is 114 Å². The molecular formula is C67H130O17P2. The van der Waals surface area contributed by atoms with E-state index in [4.69, 9.17) is 37.0 Å². The van der Waals surface area contributed by atoms with Crippen LogP contribution in [0.4, 0.5) is 0 Å². The summed E-state index contributed by atoms with van der Waals surface area (Å²) in [6, 6.07) is 0. The van der Waals surface area contributed by atoms with Gasteiger partial charge in [-0.1, -0.05) is 274 Å². The third-order valence-electron chi connectivity index (χ3n) is 16.0. The molecule has 0 spiro atoms. The topological polar surface area (TPSA) is 237 Å². The number of aliphatic hydroxyl groups is 1. The van der Waals surface area contributed by atoms with Crippen LogP contribution in [0.3, 0.4) is 0 Å². The Bertz CT molecular complexity index is 1720. The highest BCUT2D eigenvalue weighted by Crippen LogP contribution is 2.45. The van der Waals surface area contributed by atoms with Crippen molar-refractivity contribution in [3.63, 3.8) is 0 Å². The molecule has 0 amide bonds. The maximum Gasteiger partial charge on any atom is 0.472 e. The largest absolute Gasteiger partial charge is 0.472 e. The van der Waals surface area contributed by atoms with Crippen LogP contribution >= 0.6 is 15.6 Å². The van der Waals surface area contributed by atoms with Gasteiger partial charge in [-0.05, 0) is 49.4 Å². The maximum absolute atomic E-state index is 13.0. The van der Waals surface area contributed by atoms with Crippen LogP contribution in [0.1, 0.15) is 325 Å². The van der Waals surface area contributed by atoms with Gasteiger partial charge in [0.05, 0.1) is 26.4 Å². The number of esters is 4. The Kier molecular flexibility index (Phi) is 55.7. The van der Waals surface area contributed by atoms with E-state index in [1.165, 1.54) is 128 Å². The highest BCUT2D eigenvalue weighted by atomic mass is 31.2. The Labute approximate surface area is 524 Å². The third-order valence-corrected chi connectivity index (χ3v) is 17.9. The molecule has 510 valence electrons. The number of phosphoric acid groups is 2. The summed E-state index contributed by atoms with van der Waals surface area (Å²) in [7, 11) is -9.90. The number of phosphoric ester groups is 2. The molecule has 0 radical (unpaired) electrons. The highest BCUT2D eigenvalue weighted by Gasteiger charge is 2.30. The molecule has 0 aromatic heterocycles. The number of hydrogen-bond acceptors (Lipinski definition) is 15. The molecule has 7 atom stereocenters. The molecule has 0 aliphatic rings. The molecule has 17 nitrogen and oxygen atoms in total. The van der Waals surface area contributed by atoms with Gasteiger partial charge in [0.1, 0.15) is 19.3 Å². The van der Waals surface area contributed by atoms with Gasteiger partial charge in [-0.2, -0.15) is 0 Å². The summed E-state index contributed by atoms with van der Waals surface area (Å²) in [4.78, 5) is 72.4. The first-order valence-electron chi connectivity index (χ1n) is 34.8. The lowest BCUT2D eigenvalue weighted by Crippen LogP contribution is -2.30. The first-order valence-corrected chi connectivity index (χ1v) is 37.8. The zero-order valence-corrected chi connectivity index (χ0v) is 57.7. The Morgan fingerprint density at radius 1 is 0.326 bits per heavy atom. The van der Waals surface area contributed by atoms with Gasteiger partial charge in [0, 0.05) is 25.7 Å². The van der Waals surface area contributed by atoms with Gasteiger partial charge in [-0.25, -0.2) is 9.13 Å². The first-order chi connectivity index (χ1) is 41.2. The molecule has 0 heterocycles. The first kappa shape index (κ1) is 84.1. The molecule has 5 unspecified atom stereocenters. The second kappa shape index (κ2) is 57.0. The fraction of sp³-hybridized carbons (Fsp3) is 0.940. The highest BCUT2D eigenvalue weighted by molar-refractivity contribution is 7.47. The van der Waals surface area contributed by atoms with Crippen molar-refractivity contribution >= 4 is 39.5 Å². The Balaban J connectivity index is 5.26. The molecule has 0 aliphatic heterocycles. The summed E-state index contributed by atoms with van der Waals surface area (Å²) >= 11 is 0. The average Bonchev–Trinajstić information content (AvgIpc) is 3.68. The number of unbranched alkanes of at least 4 members (excludes halogenated alkanes) is 28. The van der Waals surface area contributed by atoms with E-state index in [9.17, 15) is 43.2 Å². The third kappa shape index (κ3) is 58.4. The van der Waals surface area contributed by atoms with Crippen LogP contribution in [0.5, 0.6) is 0 Å². The number of hydrogen-bond donors (Lipinski definition) is 3. The molecule has 0 aliphatic carbocycles. The van der Waals surface area contributed by atoms with Crippen molar-refractivity contribution in [2.45, 2.75) is 343 Å². The number of carbonyl (C=O) groups excluding carboxylic acids is 4. The van der Waals surface area contributed by atoms with Crippen LogP contribution in [-0.4, -0.2) is 96.7 Å². The molecule has 86 heavy (non-hydrogen) atoms. The van der Waals surface area contributed by atoms with E-state index in [2.05, 4.69) is 55.4 Å². The van der Waals surface area contributed by atoms with E-state index < -0.39 is 97.5 Å². The predicted octanol–water partition coefficient (Wildman–Crippen LogP) is 18.5. The van der Waals surface area contributed by atoms with Gasteiger partial charge in [0.15, 0.2) is 12.2 Å². The zero-order chi connectivity index (χ0) is 63.9. The van der Waals surface area contributed by atoms with Crippen molar-refractivity contribution in [1.29, 1.82) is 0 Å². The fourth-order valence-electron chi connectivity index (χ4n) is 9.89. The minimum atomic E-state index is -4.95. The maximum atomic E-state index is 13.0. The van der Waals surface area contributed by atoms with E-state index in [-0.39, 0.29) is 25.7 Å². The smallest absolute Gasteiger partial charge is 0.462 e. The van der Waals surface area contributed by atoms with Gasteiger partial charge in [0.25, 0.3) is 0 Å². The molecule has 0 saturated carbocycles. The van der Waals surface area contributed by atoms with Crippen LogP contribution in [-0.2, 0) is 65.4 Å². The summed E-state index contributed by atoms with van der Waals surface area (Å²) in [5.74, 6) is 0.837. The van der Waals surface area contributed by atoms with Crippen LogP contribution < -0.4 is 0 Å². The average molecular weight is 1270 g/mol. The lowest BCUT2D eigenvalue weighted by molar-refractivity contribution is -0.161. The van der Waals surface area contributed by atoms with Crippen LogP contribution in [0.25, 0.3) is 0 Å². The lowest BCUT2D eigenvalue weighted by Gasteiger charge is -2.21. The molecular weight excluding hydrogens is 1140 g/mol. The van der Waals surface area contributed by atoms with Crippen molar-refractivity contribution in [3.05, 3.63) is 0 Å².